The van der Waals surface area contributed by atoms with Gasteiger partial charge in [-0.05, 0) is 42.3 Å². The van der Waals surface area contributed by atoms with Crippen molar-refractivity contribution in [3.05, 3.63) is 104 Å². The van der Waals surface area contributed by atoms with Crippen molar-refractivity contribution in [1.29, 1.82) is 0 Å². The van der Waals surface area contributed by atoms with Gasteiger partial charge >= 0.3 is 0 Å². The van der Waals surface area contributed by atoms with Crippen LogP contribution in [0.2, 0.25) is 0 Å². The molecule has 0 atom stereocenters. The molecule has 0 aliphatic carbocycles. The van der Waals surface area contributed by atoms with Gasteiger partial charge in [0.25, 0.3) is 17.2 Å². The number of amides is 1. The predicted octanol–water partition coefficient (Wildman–Crippen LogP) is 3.37. The first-order chi connectivity index (χ1) is 13.0. The normalized spacial score (nSPS) is 10.4. The molecule has 1 aromatic heterocycles. The second-order valence-corrected chi connectivity index (χ2v) is 6.04. The Hall–Kier alpha value is -3.74. The number of benzene rings is 2. The summed E-state index contributed by atoms with van der Waals surface area (Å²) in [4.78, 5) is 35.3. The third-order valence-corrected chi connectivity index (χ3v) is 4.20. The topological polar surface area (TPSA) is 94.2 Å². The molecule has 0 unspecified atom stereocenters. The van der Waals surface area contributed by atoms with Gasteiger partial charge in [-0.3, -0.25) is 19.7 Å². The van der Waals surface area contributed by atoms with E-state index < -0.39 is 16.4 Å². The molecular formula is C20H17N3O4. The Labute approximate surface area is 155 Å². The average molecular weight is 363 g/mol. The Bertz CT molecular complexity index is 1060. The smallest absolute Gasteiger partial charge is 0.269 e. The van der Waals surface area contributed by atoms with Gasteiger partial charge in [0.2, 0.25) is 0 Å². The Morgan fingerprint density at radius 1 is 1.07 bits per heavy atom. The maximum atomic E-state index is 12.7. The molecule has 2 aromatic carbocycles. The van der Waals surface area contributed by atoms with Gasteiger partial charge < -0.3 is 9.88 Å². The lowest BCUT2D eigenvalue weighted by atomic mass is 10.1. The number of carbonyl (C=O) groups excluding carboxylic acids is 1. The van der Waals surface area contributed by atoms with E-state index in [1.807, 2.05) is 31.2 Å². The Morgan fingerprint density at radius 3 is 2.44 bits per heavy atom. The van der Waals surface area contributed by atoms with Crippen molar-refractivity contribution in [3.63, 3.8) is 0 Å². The highest BCUT2D eigenvalue weighted by Gasteiger charge is 2.14. The highest BCUT2D eigenvalue weighted by Crippen LogP contribution is 2.16. The van der Waals surface area contributed by atoms with E-state index in [-0.39, 0.29) is 11.3 Å². The van der Waals surface area contributed by atoms with Gasteiger partial charge in [-0.25, -0.2) is 0 Å². The summed E-state index contributed by atoms with van der Waals surface area (Å²) < 4.78 is 1.48. The molecular weight excluding hydrogens is 346 g/mol. The van der Waals surface area contributed by atoms with Gasteiger partial charge in [0.1, 0.15) is 5.56 Å². The number of aromatic nitrogens is 1. The second kappa shape index (κ2) is 7.65. The van der Waals surface area contributed by atoms with Crippen molar-refractivity contribution in [2.24, 2.45) is 0 Å². The molecule has 0 aliphatic heterocycles. The number of hydrogen-bond donors (Lipinski definition) is 1. The van der Waals surface area contributed by atoms with E-state index >= 15 is 0 Å². The zero-order chi connectivity index (χ0) is 19.4. The fraction of sp³-hybridized carbons (Fsp3) is 0.100. The number of anilines is 1. The van der Waals surface area contributed by atoms with Crippen LogP contribution in [0.4, 0.5) is 11.4 Å². The zero-order valence-corrected chi connectivity index (χ0v) is 14.6. The molecule has 0 saturated carbocycles. The van der Waals surface area contributed by atoms with E-state index in [4.69, 9.17) is 0 Å². The number of nitro groups is 1. The van der Waals surface area contributed by atoms with Crippen LogP contribution in [0.3, 0.4) is 0 Å². The first-order valence-electron chi connectivity index (χ1n) is 8.25. The summed E-state index contributed by atoms with van der Waals surface area (Å²) in [5, 5.41) is 13.3. The largest absolute Gasteiger partial charge is 0.322 e. The number of pyridine rings is 1. The van der Waals surface area contributed by atoms with Crippen LogP contribution in [0.15, 0.2) is 71.7 Å². The summed E-state index contributed by atoms with van der Waals surface area (Å²) >= 11 is 0. The van der Waals surface area contributed by atoms with E-state index in [0.717, 1.165) is 11.1 Å². The number of nitrogens with one attached hydrogen (secondary N) is 1. The number of non-ortho nitro benzene ring substituents is 1. The quantitative estimate of drug-likeness (QED) is 0.555. The van der Waals surface area contributed by atoms with Crippen LogP contribution in [-0.4, -0.2) is 15.4 Å². The van der Waals surface area contributed by atoms with E-state index in [1.54, 1.807) is 12.3 Å². The molecule has 0 spiro atoms. The van der Waals surface area contributed by atoms with E-state index in [2.05, 4.69) is 5.32 Å². The van der Waals surface area contributed by atoms with Crippen molar-refractivity contribution in [2.75, 3.05) is 5.32 Å². The number of aryl methyl sites for hydroxylation is 1. The first-order valence-corrected chi connectivity index (χ1v) is 8.25. The lowest BCUT2D eigenvalue weighted by Gasteiger charge is -2.10. The van der Waals surface area contributed by atoms with Crippen LogP contribution in [0.1, 0.15) is 21.5 Å². The summed E-state index contributed by atoms with van der Waals surface area (Å²) in [5.41, 5.74) is 1.95. The molecule has 3 aromatic rings. The minimum Gasteiger partial charge on any atom is -0.322 e. The molecule has 0 bridgehead atoms. The van der Waals surface area contributed by atoms with Gasteiger partial charge in [-0.15, -0.1) is 0 Å². The summed E-state index contributed by atoms with van der Waals surface area (Å²) in [6.45, 7) is 2.33. The van der Waals surface area contributed by atoms with Gasteiger partial charge in [-0.2, -0.15) is 0 Å². The Balaban J connectivity index is 1.82. The van der Waals surface area contributed by atoms with Crippen molar-refractivity contribution in [2.45, 2.75) is 13.5 Å². The number of nitro benzene ring substituents is 1. The summed E-state index contributed by atoms with van der Waals surface area (Å²) in [6, 6.07) is 16.2. The zero-order valence-electron chi connectivity index (χ0n) is 14.6. The van der Waals surface area contributed by atoms with E-state index in [0.29, 0.717) is 12.2 Å². The van der Waals surface area contributed by atoms with Crippen LogP contribution in [0.5, 0.6) is 0 Å². The first kappa shape index (κ1) is 18.1. The number of carbonyl (C=O) groups is 1. The summed E-state index contributed by atoms with van der Waals surface area (Å²) in [6.07, 6.45) is 1.64. The Kier molecular flexibility index (Phi) is 5.12. The molecule has 7 heteroatoms. The molecule has 27 heavy (non-hydrogen) atoms. The molecule has 1 heterocycles. The van der Waals surface area contributed by atoms with Gasteiger partial charge in [-0.1, -0.05) is 24.3 Å². The molecule has 0 fully saturated rings. The maximum absolute atomic E-state index is 12.7. The molecule has 7 nitrogen and oxygen atoms in total. The van der Waals surface area contributed by atoms with Crippen molar-refractivity contribution < 1.29 is 9.72 Å². The average Bonchev–Trinajstić information content (AvgIpc) is 2.65. The molecule has 3 rings (SSSR count). The molecule has 1 amide bonds. The third-order valence-electron chi connectivity index (χ3n) is 4.20. The summed E-state index contributed by atoms with van der Waals surface area (Å²) in [7, 11) is 0. The summed E-state index contributed by atoms with van der Waals surface area (Å²) in [5.74, 6) is -0.562. The van der Waals surface area contributed by atoms with Crippen LogP contribution in [0, 0.1) is 17.0 Å². The molecule has 0 saturated heterocycles. The van der Waals surface area contributed by atoms with Gasteiger partial charge in [0, 0.05) is 24.0 Å². The fourth-order valence-corrected chi connectivity index (χ4v) is 2.67. The highest BCUT2D eigenvalue weighted by atomic mass is 16.6. The number of nitrogens with zero attached hydrogens (tertiary/aromatic N) is 2. The Morgan fingerprint density at radius 2 is 1.78 bits per heavy atom. The minimum absolute atomic E-state index is 0.00411. The van der Waals surface area contributed by atoms with Crippen LogP contribution >= 0.6 is 0 Å². The van der Waals surface area contributed by atoms with Crippen LogP contribution in [0.25, 0.3) is 0 Å². The SMILES string of the molecule is Cc1ccccc1Cn1cccc(C(=O)Nc2ccc([N+](=O)[O-])cc2)c1=O. The standard InChI is InChI=1S/C20H17N3O4/c1-14-5-2-3-6-15(14)13-22-12-4-7-18(20(22)25)19(24)21-16-8-10-17(11-9-16)23(26)27/h2-12H,13H2,1H3,(H,21,24). The van der Waals surface area contributed by atoms with Gasteiger partial charge in [0.15, 0.2) is 0 Å². The third kappa shape index (κ3) is 4.09. The molecule has 0 aliphatic rings. The monoisotopic (exact) mass is 363 g/mol. The van der Waals surface area contributed by atoms with Crippen molar-refractivity contribution >= 4 is 17.3 Å². The van der Waals surface area contributed by atoms with Crippen molar-refractivity contribution in [1.82, 2.24) is 4.57 Å². The number of hydrogen-bond acceptors (Lipinski definition) is 4. The maximum Gasteiger partial charge on any atom is 0.269 e. The van der Waals surface area contributed by atoms with E-state index in [1.165, 1.54) is 34.9 Å². The second-order valence-electron chi connectivity index (χ2n) is 6.04. The molecule has 1 N–H and O–H groups in total. The molecule has 136 valence electrons. The fourth-order valence-electron chi connectivity index (χ4n) is 2.67. The van der Waals surface area contributed by atoms with Gasteiger partial charge in [0.05, 0.1) is 11.5 Å². The lowest BCUT2D eigenvalue weighted by molar-refractivity contribution is -0.384. The van der Waals surface area contributed by atoms with E-state index in [9.17, 15) is 19.7 Å². The number of rotatable bonds is 5. The highest BCUT2D eigenvalue weighted by molar-refractivity contribution is 6.04. The van der Waals surface area contributed by atoms with Crippen LogP contribution in [-0.2, 0) is 6.54 Å². The minimum atomic E-state index is -0.562. The van der Waals surface area contributed by atoms with Crippen LogP contribution < -0.4 is 10.9 Å². The predicted molar refractivity (Wildman–Crippen MR) is 102 cm³/mol. The molecule has 0 radical (unpaired) electrons. The lowest BCUT2D eigenvalue weighted by Crippen LogP contribution is -2.29. The van der Waals surface area contributed by atoms with Crippen molar-refractivity contribution in [3.8, 4) is 0 Å².